The second-order valence-corrected chi connectivity index (χ2v) is 3.45. The van der Waals surface area contributed by atoms with Crippen molar-refractivity contribution >= 4 is 6.08 Å². The van der Waals surface area contributed by atoms with Gasteiger partial charge in [0.1, 0.15) is 5.83 Å². The molecule has 0 saturated carbocycles. The van der Waals surface area contributed by atoms with Crippen LogP contribution in [0.3, 0.4) is 0 Å². The number of nitrogens with zero attached hydrogens (tertiary/aromatic N) is 2. The maximum Gasteiger partial charge on any atom is 0.159 e. The smallest absolute Gasteiger partial charge is 0.159 e. The number of hydrogen-bond acceptors (Lipinski definition) is 3. The van der Waals surface area contributed by atoms with E-state index < -0.39 is 12.4 Å². The lowest BCUT2D eigenvalue weighted by atomic mass is 10.1. The van der Waals surface area contributed by atoms with Gasteiger partial charge in [0.2, 0.25) is 0 Å². The van der Waals surface area contributed by atoms with Crippen molar-refractivity contribution < 1.29 is 9.50 Å². The Bertz CT molecular complexity index is 526. The standard InChI is InChI=1S/C13H11FN2O/c14-12(9-17)8-10-3-1-4-11(7-10)13-15-5-2-6-16-13/h1-8,17H,9H2/b12-8-. The summed E-state index contributed by atoms with van der Waals surface area (Å²) in [6, 6.07) is 8.90. The fraction of sp³-hybridized carbons (Fsp3) is 0.0769. The van der Waals surface area contributed by atoms with Gasteiger partial charge >= 0.3 is 0 Å². The third-order valence-electron chi connectivity index (χ3n) is 2.18. The number of aliphatic hydroxyl groups excluding tert-OH is 1. The lowest BCUT2D eigenvalue weighted by molar-refractivity contribution is 0.300. The highest BCUT2D eigenvalue weighted by atomic mass is 19.1. The minimum Gasteiger partial charge on any atom is -0.389 e. The van der Waals surface area contributed by atoms with Crippen LogP contribution in [-0.2, 0) is 0 Å². The highest BCUT2D eigenvalue weighted by molar-refractivity contribution is 5.62. The first-order chi connectivity index (χ1) is 8.29. The lowest BCUT2D eigenvalue weighted by Crippen LogP contribution is -1.88. The second kappa shape index (κ2) is 5.32. The van der Waals surface area contributed by atoms with Gasteiger partial charge in [0.15, 0.2) is 5.82 Å². The van der Waals surface area contributed by atoms with E-state index in [1.54, 1.807) is 36.7 Å². The zero-order chi connectivity index (χ0) is 12.1. The molecule has 17 heavy (non-hydrogen) atoms. The Balaban J connectivity index is 2.36. The van der Waals surface area contributed by atoms with E-state index in [1.165, 1.54) is 6.08 Å². The Morgan fingerprint density at radius 2 is 2.00 bits per heavy atom. The summed E-state index contributed by atoms with van der Waals surface area (Å²) in [6.07, 6.45) is 4.59. The fourth-order valence-corrected chi connectivity index (χ4v) is 1.44. The van der Waals surface area contributed by atoms with Gasteiger partial charge in [0.25, 0.3) is 0 Å². The largest absolute Gasteiger partial charge is 0.389 e. The summed E-state index contributed by atoms with van der Waals surface area (Å²) in [5.74, 6) is 0.0169. The van der Waals surface area contributed by atoms with Crippen LogP contribution < -0.4 is 0 Å². The van der Waals surface area contributed by atoms with Gasteiger partial charge < -0.3 is 5.11 Å². The van der Waals surface area contributed by atoms with Crippen molar-refractivity contribution in [2.24, 2.45) is 0 Å². The second-order valence-electron chi connectivity index (χ2n) is 3.45. The van der Waals surface area contributed by atoms with Crippen LogP contribution in [0, 0.1) is 0 Å². The summed E-state index contributed by atoms with van der Waals surface area (Å²) < 4.78 is 12.9. The molecule has 1 N–H and O–H groups in total. The molecule has 0 unspecified atom stereocenters. The SMILES string of the molecule is OC/C(F)=C/c1cccc(-c2ncccn2)c1. The molecule has 0 aliphatic heterocycles. The number of hydrogen-bond donors (Lipinski definition) is 1. The lowest BCUT2D eigenvalue weighted by Gasteiger charge is -2.01. The first-order valence-electron chi connectivity index (χ1n) is 5.14. The number of aliphatic hydroxyl groups is 1. The summed E-state index contributed by atoms with van der Waals surface area (Å²) in [7, 11) is 0. The summed E-state index contributed by atoms with van der Waals surface area (Å²) >= 11 is 0. The average Bonchev–Trinajstić information content (AvgIpc) is 2.40. The Morgan fingerprint density at radius 1 is 1.24 bits per heavy atom. The van der Waals surface area contributed by atoms with Crippen LogP contribution in [0.2, 0.25) is 0 Å². The molecule has 0 fully saturated rings. The zero-order valence-corrected chi connectivity index (χ0v) is 9.05. The Hall–Kier alpha value is -2.07. The number of rotatable bonds is 3. The van der Waals surface area contributed by atoms with Gasteiger partial charge in [0.05, 0.1) is 6.61 Å². The van der Waals surface area contributed by atoms with Crippen molar-refractivity contribution in [3.05, 3.63) is 54.1 Å². The molecule has 1 aromatic heterocycles. The van der Waals surface area contributed by atoms with Crippen LogP contribution in [0.5, 0.6) is 0 Å². The summed E-state index contributed by atoms with van der Waals surface area (Å²) in [4.78, 5) is 8.23. The molecular formula is C13H11FN2O. The molecule has 0 spiro atoms. The van der Waals surface area contributed by atoms with E-state index in [9.17, 15) is 4.39 Å². The third kappa shape index (κ3) is 2.95. The summed E-state index contributed by atoms with van der Waals surface area (Å²) in [6.45, 7) is -0.591. The normalized spacial score (nSPS) is 11.5. The first-order valence-corrected chi connectivity index (χ1v) is 5.14. The molecule has 0 aliphatic rings. The van der Waals surface area contributed by atoms with E-state index in [1.807, 2.05) is 6.07 Å². The van der Waals surface area contributed by atoms with Crippen molar-refractivity contribution in [1.82, 2.24) is 9.97 Å². The van der Waals surface area contributed by atoms with Gasteiger partial charge in [-0.1, -0.05) is 18.2 Å². The van der Waals surface area contributed by atoms with Crippen LogP contribution in [0.1, 0.15) is 5.56 Å². The van der Waals surface area contributed by atoms with Crippen molar-refractivity contribution in [1.29, 1.82) is 0 Å². The maximum absolute atomic E-state index is 12.9. The molecule has 1 aromatic carbocycles. The molecule has 1 heterocycles. The molecule has 0 atom stereocenters. The molecule has 3 nitrogen and oxygen atoms in total. The third-order valence-corrected chi connectivity index (χ3v) is 2.18. The van der Waals surface area contributed by atoms with Crippen molar-refractivity contribution in [2.45, 2.75) is 0 Å². The van der Waals surface area contributed by atoms with Gasteiger partial charge in [-0.05, 0) is 23.8 Å². The molecule has 0 amide bonds. The molecule has 2 aromatic rings. The number of benzene rings is 1. The van der Waals surface area contributed by atoms with Crippen molar-refractivity contribution in [3.8, 4) is 11.4 Å². The molecule has 0 aliphatic carbocycles. The Morgan fingerprint density at radius 3 is 2.71 bits per heavy atom. The van der Waals surface area contributed by atoms with Gasteiger partial charge in [-0.3, -0.25) is 0 Å². The zero-order valence-electron chi connectivity index (χ0n) is 9.05. The number of halogens is 1. The van der Waals surface area contributed by atoms with Crippen molar-refractivity contribution in [2.75, 3.05) is 6.61 Å². The van der Waals surface area contributed by atoms with Crippen LogP contribution in [-0.4, -0.2) is 21.7 Å². The predicted octanol–water partition coefficient (Wildman–Crippen LogP) is 2.45. The molecule has 2 rings (SSSR count). The van der Waals surface area contributed by atoms with E-state index in [-0.39, 0.29) is 0 Å². The molecule has 0 radical (unpaired) electrons. The van der Waals surface area contributed by atoms with E-state index >= 15 is 0 Å². The van der Waals surface area contributed by atoms with E-state index in [2.05, 4.69) is 9.97 Å². The van der Waals surface area contributed by atoms with Gasteiger partial charge in [-0.25, -0.2) is 14.4 Å². The van der Waals surface area contributed by atoms with Crippen LogP contribution in [0.15, 0.2) is 48.6 Å². The maximum atomic E-state index is 12.9. The van der Waals surface area contributed by atoms with Gasteiger partial charge in [0, 0.05) is 18.0 Å². The highest BCUT2D eigenvalue weighted by Crippen LogP contribution is 2.17. The summed E-state index contributed by atoms with van der Waals surface area (Å²) in [5, 5.41) is 8.61. The van der Waals surface area contributed by atoms with Gasteiger partial charge in [-0.2, -0.15) is 0 Å². The number of aromatic nitrogens is 2. The Labute approximate surface area is 98.3 Å². The van der Waals surface area contributed by atoms with Crippen molar-refractivity contribution in [3.63, 3.8) is 0 Å². The van der Waals surface area contributed by atoms with Crippen LogP contribution in [0.4, 0.5) is 4.39 Å². The summed E-state index contributed by atoms with van der Waals surface area (Å²) in [5.41, 5.74) is 1.48. The fourth-order valence-electron chi connectivity index (χ4n) is 1.44. The van der Waals surface area contributed by atoms with Crippen LogP contribution >= 0.6 is 0 Å². The predicted molar refractivity (Wildman–Crippen MR) is 63.6 cm³/mol. The van der Waals surface area contributed by atoms with E-state index in [0.717, 1.165) is 5.56 Å². The molecule has 0 bridgehead atoms. The topological polar surface area (TPSA) is 46.0 Å². The Kier molecular flexibility index (Phi) is 3.57. The minimum absolute atomic E-state index is 0.573. The van der Waals surface area contributed by atoms with E-state index in [4.69, 9.17) is 5.11 Å². The highest BCUT2D eigenvalue weighted by Gasteiger charge is 2.00. The van der Waals surface area contributed by atoms with E-state index in [0.29, 0.717) is 11.4 Å². The molecule has 0 saturated heterocycles. The molecular weight excluding hydrogens is 219 g/mol. The molecule has 4 heteroatoms. The average molecular weight is 230 g/mol. The van der Waals surface area contributed by atoms with Crippen LogP contribution in [0.25, 0.3) is 17.5 Å². The quantitative estimate of drug-likeness (QED) is 0.880. The molecule has 86 valence electrons. The van der Waals surface area contributed by atoms with Gasteiger partial charge in [-0.15, -0.1) is 0 Å². The minimum atomic E-state index is -0.591. The monoisotopic (exact) mass is 230 g/mol. The first kappa shape index (κ1) is 11.4.